The highest BCUT2D eigenvalue weighted by Crippen LogP contribution is 2.33. The summed E-state index contributed by atoms with van der Waals surface area (Å²) in [6.07, 6.45) is 0.601. The molecule has 0 saturated heterocycles. The van der Waals surface area contributed by atoms with Crippen LogP contribution in [0.15, 0.2) is 36.4 Å². The lowest BCUT2D eigenvalue weighted by molar-refractivity contribution is 0.0553. The van der Waals surface area contributed by atoms with Crippen molar-refractivity contribution < 1.29 is 9.84 Å². The lowest BCUT2D eigenvalue weighted by atomic mass is 10.0. The number of fused-ring (bicyclic) bond motifs is 1. The molecule has 0 bridgehead atoms. The Labute approximate surface area is 126 Å². The van der Waals surface area contributed by atoms with Crippen molar-refractivity contribution in [3.8, 4) is 5.75 Å². The molecule has 1 atom stereocenters. The van der Waals surface area contributed by atoms with E-state index in [-0.39, 0.29) is 6.04 Å². The first kappa shape index (κ1) is 15.8. The predicted octanol–water partition coefficient (Wildman–Crippen LogP) is 3.66. The molecule has 0 amide bonds. The highest BCUT2D eigenvalue weighted by atomic mass is 16.5. The molecule has 0 fully saturated rings. The number of benzene rings is 2. The number of aliphatic hydroxyl groups is 1. The molecular formula is C18H25NO2. The van der Waals surface area contributed by atoms with Gasteiger partial charge >= 0.3 is 0 Å². The summed E-state index contributed by atoms with van der Waals surface area (Å²) in [6, 6.07) is 12.7. The van der Waals surface area contributed by atoms with Gasteiger partial charge in [0, 0.05) is 23.4 Å². The summed E-state index contributed by atoms with van der Waals surface area (Å²) in [4.78, 5) is 0. The Balaban J connectivity index is 2.36. The number of hydrogen-bond acceptors (Lipinski definition) is 3. The Morgan fingerprint density at radius 3 is 2.57 bits per heavy atom. The van der Waals surface area contributed by atoms with Gasteiger partial charge in [0.05, 0.1) is 12.2 Å². The molecule has 0 aliphatic rings. The van der Waals surface area contributed by atoms with E-state index in [1.54, 1.807) is 13.8 Å². The summed E-state index contributed by atoms with van der Waals surface area (Å²) < 4.78 is 6.05. The topological polar surface area (TPSA) is 41.5 Å². The van der Waals surface area contributed by atoms with Crippen molar-refractivity contribution in [2.45, 2.75) is 38.8 Å². The van der Waals surface area contributed by atoms with Crippen LogP contribution in [0.1, 0.15) is 38.8 Å². The number of ether oxygens (including phenoxy) is 1. The van der Waals surface area contributed by atoms with Crippen LogP contribution in [0.5, 0.6) is 5.75 Å². The Kier molecular flexibility index (Phi) is 4.86. The number of rotatable bonds is 6. The first-order valence-electron chi connectivity index (χ1n) is 7.46. The molecule has 21 heavy (non-hydrogen) atoms. The molecule has 0 aromatic heterocycles. The normalized spacial score (nSPS) is 13.4. The zero-order valence-corrected chi connectivity index (χ0v) is 13.3. The van der Waals surface area contributed by atoms with E-state index in [1.807, 2.05) is 19.2 Å². The van der Waals surface area contributed by atoms with E-state index < -0.39 is 5.60 Å². The van der Waals surface area contributed by atoms with Crippen LogP contribution in [0.25, 0.3) is 10.8 Å². The maximum Gasteiger partial charge on any atom is 0.131 e. The molecule has 2 N–H and O–H groups in total. The van der Waals surface area contributed by atoms with Crippen molar-refractivity contribution in [1.82, 2.24) is 5.32 Å². The van der Waals surface area contributed by atoms with E-state index in [0.29, 0.717) is 13.0 Å². The molecule has 2 rings (SSSR count). The second-order valence-electron chi connectivity index (χ2n) is 6.13. The van der Waals surface area contributed by atoms with Crippen molar-refractivity contribution >= 4 is 10.8 Å². The standard InChI is InChI=1S/C18H25NO2/c1-13(19-4)15-10-9-14-7-5-6-8-16(14)17(15)21-12-11-18(2,3)20/h5-10,13,19-20H,11-12H2,1-4H3. The molecule has 0 radical (unpaired) electrons. The average molecular weight is 287 g/mol. The van der Waals surface area contributed by atoms with E-state index in [0.717, 1.165) is 16.7 Å². The summed E-state index contributed by atoms with van der Waals surface area (Å²) in [7, 11) is 1.94. The molecule has 0 aliphatic carbocycles. The lowest BCUT2D eigenvalue weighted by Crippen LogP contribution is -2.22. The molecular weight excluding hydrogens is 262 g/mol. The van der Waals surface area contributed by atoms with Crippen molar-refractivity contribution in [3.63, 3.8) is 0 Å². The van der Waals surface area contributed by atoms with Gasteiger partial charge in [-0.15, -0.1) is 0 Å². The monoisotopic (exact) mass is 287 g/mol. The maximum atomic E-state index is 9.84. The highest BCUT2D eigenvalue weighted by molar-refractivity contribution is 5.89. The molecule has 3 nitrogen and oxygen atoms in total. The van der Waals surface area contributed by atoms with E-state index in [2.05, 4.69) is 36.5 Å². The van der Waals surface area contributed by atoms with Crippen LogP contribution < -0.4 is 10.1 Å². The van der Waals surface area contributed by atoms with Gasteiger partial charge in [-0.3, -0.25) is 0 Å². The molecule has 1 unspecified atom stereocenters. The maximum absolute atomic E-state index is 9.84. The van der Waals surface area contributed by atoms with Crippen LogP contribution in [0.2, 0.25) is 0 Å². The van der Waals surface area contributed by atoms with Gasteiger partial charge in [0.15, 0.2) is 0 Å². The van der Waals surface area contributed by atoms with Crippen molar-refractivity contribution in [1.29, 1.82) is 0 Å². The van der Waals surface area contributed by atoms with Gasteiger partial charge in [0.2, 0.25) is 0 Å². The van der Waals surface area contributed by atoms with Gasteiger partial charge in [0.1, 0.15) is 5.75 Å². The molecule has 2 aromatic carbocycles. The fourth-order valence-electron chi connectivity index (χ4n) is 2.32. The summed E-state index contributed by atoms with van der Waals surface area (Å²) in [6.45, 7) is 6.22. The van der Waals surface area contributed by atoms with Crippen LogP contribution in [-0.4, -0.2) is 24.4 Å². The minimum atomic E-state index is -0.709. The number of hydrogen-bond donors (Lipinski definition) is 2. The molecule has 0 heterocycles. The molecule has 114 valence electrons. The van der Waals surface area contributed by atoms with E-state index in [1.165, 1.54) is 5.39 Å². The SMILES string of the molecule is CNC(C)c1ccc2ccccc2c1OCCC(C)(C)O. The Morgan fingerprint density at radius 2 is 1.90 bits per heavy atom. The summed E-state index contributed by atoms with van der Waals surface area (Å²) >= 11 is 0. The van der Waals surface area contributed by atoms with Crippen LogP contribution in [-0.2, 0) is 0 Å². The third-order valence-corrected chi connectivity index (χ3v) is 3.77. The van der Waals surface area contributed by atoms with Crippen molar-refractivity contribution in [2.24, 2.45) is 0 Å². The second-order valence-corrected chi connectivity index (χ2v) is 6.13. The lowest BCUT2D eigenvalue weighted by Gasteiger charge is -2.21. The first-order valence-corrected chi connectivity index (χ1v) is 7.46. The third-order valence-electron chi connectivity index (χ3n) is 3.77. The van der Waals surface area contributed by atoms with Gasteiger partial charge in [-0.05, 0) is 33.2 Å². The Bertz CT molecular complexity index is 602. The van der Waals surface area contributed by atoms with E-state index >= 15 is 0 Å². The molecule has 0 spiro atoms. The van der Waals surface area contributed by atoms with Gasteiger partial charge in [-0.1, -0.05) is 36.4 Å². The number of nitrogens with one attached hydrogen (secondary N) is 1. The smallest absolute Gasteiger partial charge is 0.131 e. The Morgan fingerprint density at radius 1 is 1.19 bits per heavy atom. The first-order chi connectivity index (χ1) is 9.92. The van der Waals surface area contributed by atoms with E-state index in [9.17, 15) is 5.11 Å². The van der Waals surface area contributed by atoms with Gasteiger partial charge < -0.3 is 15.2 Å². The fourth-order valence-corrected chi connectivity index (χ4v) is 2.32. The van der Waals surface area contributed by atoms with Gasteiger partial charge in [0.25, 0.3) is 0 Å². The van der Waals surface area contributed by atoms with Crippen molar-refractivity contribution in [3.05, 3.63) is 42.0 Å². The average Bonchev–Trinajstić information content (AvgIpc) is 2.45. The van der Waals surface area contributed by atoms with Gasteiger partial charge in [-0.2, -0.15) is 0 Å². The minimum absolute atomic E-state index is 0.215. The quantitative estimate of drug-likeness (QED) is 0.852. The Hall–Kier alpha value is -1.58. The molecule has 0 saturated carbocycles. The minimum Gasteiger partial charge on any atom is -0.492 e. The second kappa shape index (κ2) is 6.46. The molecule has 3 heteroatoms. The fraction of sp³-hybridized carbons (Fsp3) is 0.444. The van der Waals surface area contributed by atoms with Crippen molar-refractivity contribution in [2.75, 3.05) is 13.7 Å². The summed E-state index contributed by atoms with van der Waals surface area (Å²) in [5.74, 6) is 0.916. The highest BCUT2D eigenvalue weighted by Gasteiger charge is 2.16. The molecule has 0 aliphatic heterocycles. The molecule has 2 aromatic rings. The van der Waals surface area contributed by atoms with Crippen LogP contribution in [0.4, 0.5) is 0 Å². The summed E-state index contributed by atoms with van der Waals surface area (Å²) in [5, 5.41) is 15.4. The predicted molar refractivity (Wildman–Crippen MR) is 87.8 cm³/mol. The van der Waals surface area contributed by atoms with Crippen LogP contribution >= 0.6 is 0 Å². The summed E-state index contributed by atoms with van der Waals surface area (Å²) in [5.41, 5.74) is 0.436. The zero-order chi connectivity index (χ0) is 15.5. The van der Waals surface area contributed by atoms with Gasteiger partial charge in [-0.25, -0.2) is 0 Å². The van der Waals surface area contributed by atoms with E-state index in [4.69, 9.17) is 4.74 Å². The largest absolute Gasteiger partial charge is 0.492 e. The van der Waals surface area contributed by atoms with Crippen LogP contribution in [0, 0.1) is 0 Å². The zero-order valence-electron chi connectivity index (χ0n) is 13.3. The van der Waals surface area contributed by atoms with Crippen LogP contribution in [0.3, 0.4) is 0 Å². The third kappa shape index (κ3) is 3.96.